The molecule has 0 aliphatic heterocycles. The molecule has 4 aromatic carbocycles. The normalized spacial score (nSPS) is 11.1. The van der Waals surface area contributed by atoms with Gasteiger partial charge in [0, 0.05) is 35.4 Å². The van der Waals surface area contributed by atoms with Crippen molar-refractivity contribution >= 4 is 21.8 Å². The largest absolute Gasteiger partial charge is 2.00 e. The van der Waals surface area contributed by atoms with Gasteiger partial charge in [-0.3, -0.25) is 0 Å². The maximum absolute atomic E-state index is 6.36. The molecule has 0 bridgehead atoms. The Morgan fingerprint density at radius 1 is 0.545 bits per heavy atom. The number of pyridine rings is 2. The van der Waals surface area contributed by atoms with Crippen LogP contribution in [0.3, 0.4) is 0 Å². The van der Waals surface area contributed by atoms with E-state index in [4.69, 9.17) is 9.47 Å². The number of benzene rings is 4. The maximum atomic E-state index is 6.36. The standard InChI is InChI=1S/C45H36N6O2.2Pd/c1-29(2)19-31-15-17-47-41(21-31)33-7-5-9-35(23-33)52-37-11-13-39-40-14-12-38(26-44(40)51(43(39)25-37)45-49-27-46-28-50-45)53-36-10-6-8-34(24-36)42-22-32(16-18-48-42)20-30(3)4;;/h5-18,21-22,27-30H,19-20H2,1-4H3;;/q-4;2*+2. The van der Waals surface area contributed by atoms with Crippen molar-refractivity contribution in [3.63, 3.8) is 0 Å². The van der Waals surface area contributed by atoms with Crippen molar-refractivity contribution in [1.29, 1.82) is 0 Å². The Kier molecular flexibility index (Phi) is 12.7. The summed E-state index contributed by atoms with van der Waals surface area (Å²) in [6.07, 6.45) is 8.61. The van der Waals surface area contributed by atoms with Crippen LogP contribution in [0.2, 0.25) is 0 Å². The van der Waals surface area contributed by atoms with Crippen LogP contribution in [-0.2, 0) is 53.7 Å². The third kappa shape index (κ3) is 9.08. The zero-order valence-electron chi connectivity index (χ0n) is 30.6. The molecule has 4 aromatic heterocycles. The summed E-state index contributed by atoms with van der Waals surface area (Å²) in [5, 5.41) is 1.86. The van der Waals surface area contributed by atoms with Crippen LogP contribution in [0.4, 0.5) is 0 Å². The molecule has 0 unspecified atom stereocenters. The predicted octanol–water partition coefficient (Wildman–Crippen LogP) is 10.3. The summed E-state index contributed by atoms with van der Waals surface area (Å²) in [6, 6.07) is 41.5. The molecular formula is C45H36N6O2Pd2. The minimum Gasteiger partial charge on any atom is -0.503 e. The van der Waals surface area contributed by atoms with E-state index in [2.05, 4.69) is 101 Å². The van der Waals surface area contributed by atoms with E-state index in [1.807, 2.05) is 77.6 Å². The Hall–Kier alpha value is -5.09. The molecule has 0 aliphatic rings. The second kappa shape index (κ2) is 17.6. The quantitative estimate of drug-likeness (QED) is 0.0944. The zero-order chi connectivity index (χ0) is 36.3. The number of hydrogen-bond acceptors (Lipinski definition) is 7. The third-order valence-corrected chi connectivity index (χ3v) is 8.68. The molecule has 4 heterocycles. The molecule has 0 spiro atoms. The van der Waals surface area contributed by atoms with Gasteiger partial charge in [-0.2, -0.15) is 22.9 Å². The number of fused-ring (bicyclic) bond motifs is 3. The van der Waals surface area contributed by atoms with Gasteiger partial charge in [-0.05, 0) is 48.2 Å². The summed E-state index contributed by atoms with van der Waals surface area (Å²) >= 11 is 0. The number of rotatable bonds is 11. The molecule has 8 nitrogen and oxygen atoms in total. The molecule has 0 aliphatic carbocycles. The van der Waals surface area contributed by atoms with E-state index in [-0.39, 0.29) is 40.8 Å². The average molecular weight is 906 g/mol. The first kappa shape index (κ1) is 39.6. The fourth-order valence-corrected chi connectivity index (χ4v) is 6.48. The van der Waals surface area contributed by atoms with E-state index in [1.54, 1.807) is 0 Å². The third-order valence-electron chi connectivity index (χ3n) is 8.68. The number of hydrogen-bond donors (Lipinski definition) is 0. The fourth-order valence-electron chi connectivity index (χ4n) is 6.48. The van der Waals surface area contributed by atoms with E-state index in [9.17, 15) is 0 Å². The van der Waals surface area contributed by atoms with Crippen LogP contribution >= 0.6 is 0 Å². The molecule has 278 valence electrons. The molecule has 0 N–H and O–H groups in total. The van der Waals surface area contributed by atoms with E-state index in [0.717, 1.165) is 57.2 Å². The second-order valence-corrected chi connectivity index (χ2v) is 13.8. The number of aromatic nitrogens is 6. The van der Waals surface area contributed by atoms with Gasteiger partial charge in [-0.1, -0.05) is 74.1 Å². The molecular weight excluding hydrogens is 869 g/mol. The van der Waals surface area contributed by atoms with Gasteiger partial charge in [0.05, 0.1) is 0 Å². The van der Waals surface area contributed by atoms with Crippen molar-refractivity contribution in [3.05, 3.63) is 145 Å². The predicted molar refractivity (Wildman–Crippen MR) is 206 cm³/mol. The minimum atomic E-state index is 0. The average Bonchev–Trinajstić information content (AvgIpc) is 3.48. The van der Waals surface area contributed by atoms with Crippen LogP contribution in [0.15, 0.2) is 110 Å². The van der Waals surface area contributed by atoms with Crippen LogP contribution in [0, 0.1) is 36.1 Å². The van der Waals surface area contributed by atoms with Gasteiger partial charge in [-0.15, -0.1) is 71.8 Å². The summed E-state index contributed by atoms with van der Waals surface area (Å²) in [5.74, 6) is 3.66. The molecule has 0 amide bonds. The van der Waals surface area contributed by atoms with E-state index in [0.29, 0.717) is 40.8 Å². The van der Waals surface area contributed by atoms with Crippen molar-refractivity contribution < 1.29 is 50.3 Å². The second-order valence-electron chi connectivity index (χ2n) is 13.8. The van der Waals surface area contributed by atoms with Gasteiger partial charge in [0.25, 0.3) is 0 Å². The van der Waals surface area contributed by atoms with Crippen LogP contribution in [0.1, 0.15) is 38.8 Å². The van der Waals surface area contributed by atoms with Crippen LogP contribution < -0.4 is 9.47 Å². The molecule has 10 heteroatoms. The molecule has 0 saturated heterocycles. The van der Waals surface area contributed by atoms with Crippen molar-refractivity contribution in [3.8, 4) is 51.5 Å². The summed E-state index contributed by atoms with van der Waals surface area (Å²) in [6.45, 7) is 8.85. The zero-order valence-corrected chi connectivity index (χ0v) is 33.7. The van der Waals surface area contributed by atoms with Gasteiger partial charge in [0.2, 0.25) is 5.95 Å². The van der Waals surface area contributed by atoms with Crippen molar-refractivity contribution in [2.45, 2.75) is 40.5 Å². The molecule has 0 radical (unpaired) electrons. The molecule has 8 aromatic rings. The summed E-state index contributed by atoms with van der Waals surface area (Å²) in [7, 11) is 0. The first-order chi connectivity index (χ1) is 25.9. The molecule has 0 saturated carbocycles. The summed E-state index contributed by atoms with van der Waals surface area (Å²) in [4.78, 5) is 22.2. The summed E-state index contributed by atoms with van der Waals surface area (Å²) < 4.78 is 14.6. The van der Waals surface area contributed by atoms with Gasteiger partial charge in [0.15, 0.2) is 0 Å². The van der Waals surface area contributed by atoms with E-state index >= 15 is 0 Å². The first-order valence-electron chi connectivity index (χ1n) is 17.7. The fraction of sp³-hybridized carbons (Fsp3) is 0.178. The van der Waals surface area contributed by atoms with Crippen molar-refractivity contribution in [2.24, 2.45) is 11.8 Å². The van der Waals surface area contributed by atoms with E-state index < -0.39 is 0 Å². The molecule has 0 atom stereocenters. The Labute approximate surface area is 348 Å². The Morgan fingerprint density at radius 2 is 1.00 bits per heavy atom. The van der Waals surface area contributed by atoms with Crippen molar-refractivity contribution in [1.82, 2.24) is 29.5 Å². The smallest absolute Gasteiger partial charge is 0.503 e. The minimum absolute atomic E-state index is 0. The Balaban J connectivity index is 0.00000257. The molecule has 55 heavy (non-hydrogen) atoms. The van der Waals surface area contributed by atoms with Gasteiger partial charge in [-0.25, -0.2) is 15.0 Å². The molecule has 0 fully saturated rings. The number of ether oxygens (including phenoxy) is 2. The van der Waals surface area contributed by atoms with Crippen LogP contribution in [0.5, 0.6) is 23.0 Å². The molecule has 8 rings (SSSR count). The topological polar surface area (TPSA) is 87.8 Å². The number of nitrogens with zero attached hydrogens (tertiary/aromatic N) is 6. The van der Waals surface area contributed by atoms with Crippen molar-refractivity contribution in [2.75, 3.05) is 0 Å². The maximum Gasteiger partial charge on any atom is 2.00 e. The monoisotopic (exact) mass is 904 g/mol. The first-order valence-corrected chi connectivity index (χ1v) is 17.7. The van der Waals surface area contributed by atoms with Gasteiger partial charge in [0.1, 0.15) is 12.7 Å². The van der Waals surface area contributed by atoms with Gasteiger partial charge < -0.3 is 24.0 Å². The Bertz CT molecular complexity index is 2400. The van der Waals surface area contributed by atoms with Gasteiger partial charge >= 0.3 is 40.8 Å². The Morgan fingerprint density at radius 3 is 1.45 bits per heavy atom. The van der Waals surface area contributed by atoms with Crippen LogP contribution in [0.25, 0.3) is 50.3 Å². The van der Waals surface area contributed by atoms with Crippen LogP contribution in [-0.4, -0.2) is 29.5 Å². The van der Waals surface area contributed by atoms with E-state index in [1.165, 1.54) is 23.8 Å². The summed E-state index contributed by atoms with van der Waals surface area (Å²) in [5.41, 5.74) is 7.35. The SMILES string of the molecule is CC(C)Cc1ccnc(-c2[c-]c(Oc3[c-]c4c(cc3)c3ccc(Oc5[c-]c(-c6cc(CC(C)C)ccn6)ccc5)[c-]c3n4-c3ncncn3)ccc2)c1.[Pd+2].[Pd+2].